The highest BCUT2D eigenvalue weighted by atomic mass is 16.6. The van der Waals surface area contributed by atoms with Gasteiger partial charge in [-0.1, -0.05) is 26.0 Å². The van der Waals surface area contributed by atoms with E-state index in [2.05, 4.69) is 24.5 Å². The number of rotatable bonds is 8. The fourth-order valence-corrected chi connectivity index (χ4v) is 1.94. The van der Waals surface area contributed by atoms with Gasteiger partial charge in [0.05, 0.1) is 11.0 Å². The molecular weight excluding hydrogens is 270 g/mol. The molecule has 0 aliphatic carbocycles. The van der Waals surface area contributed by atoms with E-state index in [0.29, 0.717) is 12.5 Å². The summed E-state index contributed by atoms with van der Waals surface area (Å²) in [6, 6.07) is 6.51. The van der Waals surface area contributed by atoms with E-state index in [1.165, 1.54) is 12.1 Å². The summed E-state index contributed by atoms with van der Waals surface area (Å²) in [5, 5.41) is 16.9. The maximum absolute atomic E-state index is 11.8. The van der Waals surface area contributed by atoms with Crippen LogP contribution >= 0.6 is 0 Å². The molecule has 0 fully saturated rings. The predicted octanol–water partition coefficient (Wildman–Crippen LogP) is 2.55. The lowest BCUT2D eigenvalue weighted by Gasteiger charge is -2.14. The molecule has 0 spiro atoms. The van der Waals surface area contributed by atoms with Gasteiger partial charge in [-0.15, -0.1) is 0 Å². The SMILES string of the molecule is CC(C)NCCCC(=O)NC(C)c1cccc([N+](=O)[O-])c1. The number of nitro benzene ring substituents is 1. The number of amides is 1. The van der Waals surface area contributed by atoms with Crippen molar-refractivity contribution in [3.05, 3.63) is 39.9 Å². The van der Waals surface area contributed by atoms with E-state index >= 15 is 0 Å². The van der Waals surface area contributed by atoms with Gasteiger partial charge in [0, 0.05) is 24.6 Å². The second kappa shape index (κ2) is 8.36. The van der Waals surface area contributed by atoms with E-state index in [-0.39, 0.29) is 17.6 Å². The number of benzene rings is 1. The molecule has 1 unspecified atom stereocenters. The van der Waals surface area contributed by atoms with Gasteiger partial charge in [0.15, 0.2) is 0 Å². The van der Waals surface area contributed by atoms with Crippen molar-refractivity contribution < 1.29 is 9.72 Å². The summed E-state index contributed by atoms with van der Waals surface area (Å²) in [6.07, 6.45) is 1.21. The number of nitrogens with zero attached hydrogens (tertiary/aromatic N) is 1. The Balaban J connectivity index is 2.45. The molecule has 0 aromatic heterocycles. The van der Waals surface area contributed by atoms with E-state index in [1.807, 2.05) is 6.92 Å². The zero-order chi connectivity index (χ0) is 15.8. The van der Waals surface area contributed by atoms with Gasteiger partial charge in [0.25, 0.3) is 5.69 Å². The Morgan fingerprint density at radius 2 is 2.05 bits per heavy atom. The highest BCUT2D eigenvalue weighted by Crippen LogP contribution is 2.18. The quantitative estimate of drug-likeness (QED) is 0.438. The molecular formula is C15H23N3O3. The third-order valence-corrected chi connectivity index (χ3v) is 3.09. The summed E-state index contributed by atoms with van der Waals surface area (Å²) in [6.45, 7) is 6.74. The molecule has 1 aromatic carbocycles. The minimum absolute atomic E-state index is 0.0368. The number of nitro groups is 1. The molecule has 0 saturated carbocycles. The summed E-state index contributed by atoms with van der Waals surface area (Å²) >= 11 is 0. The summed E-state index contributed by atoms with van der Waals surface area (Å²) in [7, 11) is 0. The molecule has 0 radical (unpaired) electrons. The van der Waals surface area contributed by atoms with Crippen LogP contribution in [0.3, 0.4) is 0 Å². The Labute approximate surface area is 125 Å². The summed E-state index contributed by atoms with van der Waals surface area (Å²) in [4.78, 5) is 22.1. The lowest BCUT2D eigenvalue weighted by Crippen LogP contribution is -2.28. The lowest BCUT2D eigenvalue weighted by atomic mass is 10.1. The second-order valence-corrected chi connectivity index (χ2v) is 5.35. The number of nitrogens with one attached hydrogen (secondary N) is 2. The molecule has 0 aliphatic heterocycles. The number of carbonyl (C=O) groups excluding carboxylic acids is 1. The van der Waals surface area contributed by atoms with E-state index in [0.717, 1.165) is 18.5 Å². The van der Waals surface area contributed by atoms with Crippen molar-refractivity contribution in [2.24, 2.45) is 0 Å². The van der Waals surface area contributed by atoms with Gasteiger partial charge in [-0.2, -0.15) is 0 Å². The Morgan fingerprint density at radius 1 is 1.33 bits per heavy atom. The first-order chi connectivity index (χ1) is 9.90. The van der Waals surface area contributed by atoms with Crippen LogP contribution < -0.4 is 10.6 Å². The van der Waals surface area contributed by atoms with Crippen molar-refractivity contribution in [2.45, 2.75) is 45.7 Å². The minimum Gasteiger partial charge on any atom is -0.350 e. The Morgan fingerprint density at radius 3 is 2.67 bits per heavy atom. The van der Waals surface area contributed by atoms with E-state index in [1.54, 1.807) is 12.1 Å². The van der Waals surface area contributed by atoms with Crippen LogP contribution in [0, 0.1) is 10.1 Å². The summed E-state index contributed by atoms with van der Waals surface area (Å²) in [5.41, 5.74) is 0.771. The smallest absolute Gasteiger partial charge is 0.269 e. The van der Waals surface area contributed by atoms with Gasteiger partial charge < -0.3 is 10.6 Å². The molecule has 6 nitrogen and oxygen atoms in total. The first kappa shape index (κ1) is 17.1. The molecule has 0 heterocycles. The number of hydrogen-bond acceptors (Lipinski definition) is 4. The maximum atomic E-state index is 11.8. The Hall–Kier alpha value is -1.95. The van der Waals surface area contributed by atoms with Crippen molar-refractivity contribution in [2.75, 3.05) is 6.54 Å². The number of carbonyl (C=O) groups is 1. The summed E-state index contributed by atoms with van der Waals surface area (Å²) < 4.78 is 0. The molecule has 2 N–H and O–H groups in total. The average Bonchev–Trinajstić information content (AvgIpc) is 2.43. The van der Waals surface area contributed by atoms with Gasteiger partial charge in [-0.05, 0) is 25.5 Å². The highest BCUT2D eigenvalue weighted by molar-refractivity contribution is 5.76. The molecule has 1 rings (SSSR count). The van der Waals surface area contributed by atoms with Crippen molar-refractivity contribution in [3.63, 3.8) is 0 Å². The standard InChI is InChI=1S/C15H23N3O3/c1-11(2)16-9-5-8-15(19)17-12(3)13-6-4-7-14(10-13)18(20)21/h4,6-7,10-12,16H,5,8-9H2,1-3H3,(H,17,19). The molecule has 6 heteroatoms. The van der Waals surface area contributed by atoms with Crippen LogP contribution in [0.15, 0.2) is 24.3 Å². The number of hydrogen-bond donors (Lipinski definition) is 2. The zero-order valence-corrected chi connectivity index (χ0v) is 12.8. The van der Waals surface area contributed by atoms with Crippen LogP contribution in [0.5, 0.6) is 0 Å². The molecule has 21 heavy (non-hydrogen) atoms. The van der Waals surface area contributed by atoms with Crippen LogP contribution in [0.25, 0.3) is 0 Å². The first-order valence-corrected chi connectivity index (χ1v) is 7.17. The van der Waals surface area contributed by atoms with Crippen molar-refractivity contribution in [3.8, 4) is 0 Å². The zero-order valence-electron chi connectivity index (χ0n) is 12.8. The van der Waals surface area contributed by atoms with Crippen LogP contribution in [-0.4, -0.2) is 23.4 Å². The third kappa shape index (κ3) is 6.35. The second-order valence-electron chi connectivity index (χ2n) is 5.35. The normalized spacial score (nSPS) is 12.2. The third-order valence-electron chi connectivity index (χ3n) is 3.09. The van der Waals surface area contributed by atoms with Crippen molar-refractivity contribution in [1.29, 1.82) is 0 Å². The monoisotopic (exact) mass is 293 g/mol. The fraction of sp³-hybridized carbons (Fsp3) is 0.533. The average molecular weight is 293 g/mol. The molecule has 0 saturated heterocycles. The minimum atomic E-state index is -0.435. The van der Waals surface area contributed by atoms with Crippen LogP contribution in [0.1, 0.15) is 45.2 Å². The molecule has 1 aromatic rings. The highest BCUT2D eigenvalue weighted by Gasteiger charge is 2.13. The van der Waals surface area contributed by atoms with Crippen LogP contribution in [0.2, 0.25) is 0 Å². The van der Waals surface area contributed by atoms with Gasteiger partial charge in [-0.3, -0.25) is 14.9 Å². The Bertz CT molecular complexity index is 489. The Kier molecular flexibility index (Phi) is 6.81. The fourth-order valence-electron chi connectivity index (χ4n) is 1.94. The maximum Gasteiger partial charge on any atom is 0.269 e. The molecule has 1 amide bonds. The predicted molar refractivity (Wildman–Crippen MR) is 82.0 cm³/mol. The van der Waals surface area contributed by atoms with Gasteiger partial charge in [0.2, 0.25) is 5.91 Å². The summed E-state index contributed by atoms with van der Waals surface area (Å²) in [5.74, 6) is -0.0421. The van der Waals surface area contributed by atoms with Gasteiger partial charge in [0.1, 0.15) is 0 Å². The van der Waals surface area contributed by atoms with Crippen molar-refractivity contribution in [1.82, 2.24) is 10.6 Å². The van der Waals surface area contributed by atoms with Gasteiger partial charge in [-0.25, -0.2) is 0 Å². The van der Waals surface area contributed by atoms with Crippen LogP contribution in [0.4, 0.5) is 5.69 Å². The van der Waals surface area contributed by atoms with E-state index < -0.39 is 4.92 Å². The topological polar surface area (TPSA) is 84.3 Å². The molecule has 0 aliphatic rings. The van der Waals surface area contributed by atoms with Crippen LogP contribution in [-0.2, 0) is 4.79 Å². The van der Waals surface area contributed by atoms with E-state index in [4.69, 9.17) is 0 Å². The van der Waals surface area contributed by atoms with Crippen molar-refractivity contribution >= 4 is 11.6 Å². The lowest BCUT2D eigenvalue weighted by molar-refractivity contribution is -0.384. The molecule has 116 valence electrons. The first-order valence-electron chi connectivity index (χ1n) is 7.17. The molecule has 1 atom stereocenters. The molecule has 0 bridgehead atoms. The largest absolute Gasteiger partial charge is 0.350 e. The number of non-ortho nitro benzene ring substituents is 1. The van der Waals surface area contributed by atoms with Gasteiger partial charge >= 0.3 is 0 Å². The van der Waals surface area contributed by atoms with E-state index in [9.17, 15) is 14.9 Å².